The maximum atomic E-state index is 5.05. The van der Waals surface area contributed by atoms with E-state index in [0.29, 0.717) is 5.82 Å². The summed E-state index contributed by atoms with van der Waals surface area (Å²) in [4.78, 5) is 19.4. The van der Waals surface area contributed by atoms with Gasteiger partial charge in [-0.3, -0.25) is 9.97 Å². The van der Waals surface area contributed by atoms with Crippen LogP contribution in [0.1, 0.15) is 0 Å². The van der Waals surface area contributed by atoms with Crippen LogP contribution in [0, 0.1) is 0 Å². The minimum absolute atomic E-state index is 0.706. The molecule has 0 aliphatic carbocycles. The lowest BCUT2D eigenvalue weighted by atomic mass is 9.90. The number of rotatable bonds is 7. The first-order valence-electron chi connectivity index (χ1n) is 17.4. The minimum atomic E-state index is 0.706. The van der Waals surface area contributed by atoms with E-state index >= 15 is 0 Å². The van der Waals surface area contributed by atoms with E-state index in [4.69, 9.17) is 9.97 Å². The maximum Gasteiger partial charge on any atom is 0.160 e. The van der Waals surface area contributed by atoms with Crippen LogP contribution in [-0.2, 0) is 0 Å². The second kappa shape index (κ2) is 13.7. The first-order chi connectivity index (χ1) is 25.7. The van der Waals surface area contributed by atoms with Crippen LogP contribution >= 0.6 is 0 Å². The molecule has 0 fully saturated rings. The molecule has 0 unspecified atom stereocenters. The predicted octanol–water partition coefficient (Wildman–Crippen LogP) is 12.1. The van der Waals surface area contributed by atoms with Crippen molar-refractivity contribution < 1.29 is 0 Å². The van der Waals surface area contributed by atoms with Gasteiger partial charge in [0.2, 0.25) is 0 Å². The van der Waals surface area contributed by atoms with Crippen LogP contribution in [0.2, 0.25) is 0 Å². The van der Waals surface area contributed by atoms with Crippen molar-refractivity contribution >= 4 is 10.8 Å². The summed E-state index contributed by atoms with van der Waals surface area (Å²) in [6, 6.07) is 63.2. The van der Waals surface area contributed by atoms with Crippen molar-refractivity contribution in [3.05, 3.63) is 194 Å². The van der Waals surface area contributed by atoms with Crippen molar-refractivity contribution in [3.8, 4) is 78.7 Å². The topological polar surface area (TPSA) is 51.6 Å². The van der Waals surface area contributed by atoms with Gasteiger partial charge in [0.15, 0.2) is 5.82 Å². The molecule has 6 aromatic carbocycles. The molecule has 9 rings (SSSR count). The summed E-state index contributed by atoms with van der Waals surface area (Å²) in [5.74, 6) is 0.706. The van der Waals surface area contributed by atoms with Crippen LogP contribution < -0.4 is 0 Å². The highest BCUT2D eigenvalue weighted by Gasteiger charge is 2.14. The fourth-order valence-electron chi connectivity index (χ4n) is 6.76. The van der Waals surface area contributed by atoms with Crippen LogP contribution in [0.15, 0.2) is 194 Å². The Kier molecular flexibility index (Phi) is 8.16. The van der Waals surface area contributed by atoms with Gasteiger partial charge in [-0.25, -0.2) is 9.97 Å². The second-order valence-electron chi connectivity index (χ2n) is 12.7. The average Bonchev–Trinajstić information content (AvgIpc) is 3.24. The van der Waals surface area contributed by atoms with Crippen molar-refractivity contribution in [1.29, 1.82) is 0 Å². The SMILES string of the molecule is c1ccc(-c2cc(-c3ccc(-c4cc(-c5cc(-c6ccccn6)cc(-c6ccccn6)c5)cc5ccccc45)cc3)nc(-c3ccccc3)n2)cc1. The van der Waals surface area contributed by atoms with Crippen LogP contribution in [0.4, 0.5) is 0 Å². The van der Waals surface area contributed by atoms with Gasteiger partial charge in [0.05, 0.1) is 22.8 Å². The summed E-state index contributed by atoms with van der Waals surface area (Å²) in [6.45, 7) is 0. The number of benzene rings is 6. The molecule has 0 atom stereocenters. The average molecular weight is 665 g/mol. The van der Waals surface area contributed by atoms with E-state index in [9.17, 15) is 0 Å². The molecule has 3 heterocycles. The molecule has 244 valence electrons. The molecule has 9 aromatic rings. The zero-order chi connectivity index (χ0) is 34.7. The monoisotopic (exact) mass is 664 g/mol. The Morgan fingerprint density at radius 2 is 0.788 bits per heavy atom. The third-order valence-corrected chi connectivity index (χ3v) is 9.37. The molecule has 4 nitrogen and oxygen atoms in total. The molecule has 0 bridgehead atoms. The lowest BCUT2D eigenvalue weighted by Gasteiger charge is -2.14. The lowest BCUT2D eigenvalue weighted by Crippen LogP contribution is -1.95. The zero-order valence-electron chi connectivity index (χ0n) is 28.3. The summed E-state index contributed by atoms with van der Waals surface area (Å²) < 4.78 is 0. The summed E-state index contributed by atoms with van der Waals surface area (Å²) in [5.41, 5.74) is 13.3. The van der Waals surface area contributed by atoms with Gasteiger partial charge in [0, 0.05) is 40.2 Å². The Bertz CT molecular complexity index is 2530. The van der Waals surface area contributed by atoms with Gasteiger partial charge in [-0.15, -0.1) is 0 Å². The van der Waals surface area contributed by atoms with E-state index in [-0.39, 0.29) is 0 Å². The van der Waals surface area contributed by atoms with Gasteiger partial charge in [0.25, 0.3) is 0 Å². The molecule has 0 amide bonds. The Balaban J connectivity index is 1.16. The Morgan fingerprint density at radius 1 is 0.288 bits per heavy atom. The van der Waals surface area contributed by atoms with E-state index in [2.05, 4.69) is 131 Å². The Labute approximate surface area is 302 Å². The first-order valence-corrected chi connectivity index (χ1v) is 17.4. The number of hydrogen-bond donors (Lipinski definition) is 0. The summed E-state index contributed by atoms with van der Waals surface area (Å²) in [5, 5.41) is 2.38. The smallest absolute Gasteiger partial charge is 0.160 e. The normalized spacial score (nSPS) is 11.1. The van der Waals surface area contributed by atoms with Gasteiger partial charge >= 0.3 is 0 Å². The van der Waals surface area contributed by atoms with Crippen LogP contribution in [0.25, 0.3) is 89.4 Å². The van der Waals surface area contributed by atoms with Crippen molar-refractivity contribution in [2.24, 2.45) is 0 Å². The summed E-state index contributed by atoms with van der Waals surface area (Å²) in [6.07, 6.45) is 3.68. The van der Waals surface area contributed by atoms with Crippen molar-refractivity contribution in [2.75, 3.05) is 0 Å². The number of fused-ring (bicyclic) bond motifs is 1. The quantitative estimate of drug-likeness (QED) is 0.170. The second-order valence-corrected chi connectivity index (χ2v) is 12.7. The molecule has 0 N–H and O–H groups in total. The van der Waals surface area contributed by atoms with E-state index in [1.165, 1.54) is 16.3 Å². The van der Waals surface area contributed by atoms with E-state index in [1.807, 2.05) is 73.1 Å². The fourth-order valence-corrected chi connectivity index (χ4v) is 6.76. The van der Waals surface area contributed by atoms with Crippen LogP contribution in [0.3, 0.4) is 0 Å². The van der Waals surface area contributed by atoms with Crippen molar-refractivity contribution in [3.63, 3.8) is 0 Å². The highest BCUT2D eigenvalue weighted by Crippen LogP contribution is 2.38. The minimum Gasteiger partial charge on any atom is -0.256 e. The molecular formula is C48H32N4. The number of hydrogen-bond acceptors (Lipinski definition) is 4. The molecular weight excluding hydrogens is 633 g/mol. The largest absolute Gasteiger partial charge is 0.256 e. The van der Waals surface area contributed by atoms with E-state index in [0.717, 1.165) is 67.3 Å². The summed E-state index contributed by atoms with van der Waals surface area (Å²) in [7, 11) is 0. The molecule has 0 aliphatic rings. The van der Waals surface area contributed by atoms with Crippen molar-refractivity contribution in [2.45, 2.75) is 0 Å². The third kappa shape index (κ3) is 6.26. The Hall–Kier alpha value is -7.04. The van der Waals surface area contributed by atoms with Crippen LogP contribution in [-0.4, -0.2) is 19.9 Å². The number of nitrogens with zero attached hydrogens (tertiary/aromatic N) is 4. The number of aromatic nitrogens is 4. The van der Waals surface area contributed by atoms with E-state index < -0.39 is 0 Å². The van der Waals surface area contributed by atoms with Gasteiger partial charge < -0.3 is 0 Å². The molecule has 0 saturated carbocycles. The standard InChI is InChI=1S/C48H32N4/c1-3-13-34(14-4-1)46-32-47(52-48(51-46)36-15-5-2-6-16-36)35-23-21-33(22-24-35)43-31-39(27-37-17-7-8-18-42(37)43)38-28-40(44-19-9-11-25-49-44)30-41(29-38)45-20-10-12-26-50-45/h1-32H. The lowest BCUT2D eigenvalue weighted by molar-refractivity contribution is 1.18. The van der Waals surface area contributed by atoms with Gasteiger partial charge in [-0.2, -0.15) is 0 Å². The molecule has 52 heavy (non-hydrogen) atoms. The summed E-state index contributed by atoms with van der Waals surface area (Å²) >= 11 is 0. The maximum absolute atomic E-state index is 5.05. The van der Waals surface area contributed by atoms with Crippen LogP contribution in [0.5, 0.6) is 0 Å². The molecule has 0 spiro atoms. The number of pyridine rings is 2. The molecule has 4 heteroatoms. The fraction of sp³-hybridized carbons (Fsp3) is 0. The molecule has 0 saturated heterocycles. The highest BCUT2D eigenvalue weighted by molar-refractivity contribution is 6.00. The third-order valence-electron chi connectivity index (χ3n) is 9.37. The van der Waals surface area contributed by atoms with Gasteiger partial charge in [-0.05, 0) is 93.7 Å². The van der Waals surface area contributed by atoms with Gasteiger partial charge in [-0.1, -0.05) is 121 Å². The van der Waals surface area contributed by atoms with Gasteiger partial charge in [0.1, 0.15) is 0 Å². The molecule has 3 aromatic heterocycles. The molecule has 0 aliphatic heterocycles. The Morgan fingerprint density at radius 3 is 1.40 bits per heavy atom. The van der Waals surface area contributed by atoms with Crippen molar-refractivity contribution in [1.82, 2.24) is 19.9 Å². The highest BCUT2D eigenvalue weighted by atomic mass is 14.9. The molecule has 0 radical (unpaired) electrons. The van der Waals surface area contributed by atoms with E-state index in [1.54, 1.807) is 0 Å². The predicted molar refractivity (Wildman–Crippen MR) is 213 cm³/mol. The zero-order valence-corrected chi connectivity index (χ0v) is 28.3. The first kappa shape index (κ1) is 31.0.